The number of benzene rings is 1. The maximum atomic E-state index is 12.9. The first kappa shape index (κ1) is 15.0. The van der Waals surface area contributed by atoms with Crippen molar-refractivity contribution in [3.05, 3.63) is 54.4 Å². The molecule has 0 aliphatic heterocycles. The van der Waals surface area contributed by atoms with Gasteiger partial charge in [-0.2, -0.15) is 0 Å². The van der Waals surface area contributed by atoms with Gasteiger partial charge in [0.05, 0.1) is 6.33 Å². The highest BCUT2D eigenvalue weighted by molar-refractivity contribution is 5.79. The summed E-state index contributed by atoms with van der Waals surface area (Å²) in [4.78, 5) is 10.3. The molecule has 0 aliphatic carbocycles. The Hall–Kier alpha value is -2.37. The molecule has 0 atom stereocenters. The van der Waals surface area contributed by atoms with Gasteiger partial charge < -0.3 is 14.8 Å². The van der Waals surface area contributed by atoms with Crippen LogP contribution in [-0.4, -0.2) is 41.1 Å². The minimum absolute atomic E-state index is 0.218. The topological polar surface area (TPSA) is 45.5 Å². The molecule has 0 saturated carbocycles. The molecule has 0 fully saturated rings. The van der Waals surface area contributed by atoms with Crippen LogP contribution < -0.4 is 5.32 Å². The number of nitrogens with zero attached hydrogens (tertiary/aromatic N) is 4. The molecular formula is C15H20FN5. The fourth-order valence-electron chi connectivity index (χ4n) is 2.04. The van der Waals surface area contributed by atoms with Gasteiger partial charge in [-0.15, -0.1) is 0 Å². The van der Waals surface area contributed by atoms with Crippen LogP contribution in [0.4, 0.5) is 4.39 Å². The molecule has 1 aromatic heterocycles. The Morgan fingerprint density at radius 2 is 2.14 bits per heavy atom. The summed E-state index contributed by atoms with van der Waals surface area (Å²) < 4.78 is 14.9. The third kappa shape index (κ3) is 4.59. The first-order valence-corrected chi connectivity index (χ1v) is 6.81. The van der Waals surface area contributed by atoms with E-state index in [4.69, 9.17) is 0 Å². The van der Waals surface area contributed by atoms with Crippen LogP contribution in [0, 0.1) is 5.82 Å². The van der Waals surface area contributed by atoms with Crippen molar-refractivity contribution in [3.63, 3.8) is 0 Å². The average Bonchev–Trinajstić information content (AvgIpc) is 2.99. The number of rotatable bonds is 5. The lowest BCUT2D eigenvalue weighted by molar-refractivity contribution is 0.472. The minimum atomic E-state index is -0.218. The van der Waals surface area contributed by atoms with E-state index in [2.05, 4.69) is 15.3 Å². The molecule has 0 saturated heterocycles. The second kappa shape index (κ2) is 7.42. The van der Waals surface area contributed by atoms with Gasteiger partial charge in [-0.05, 0) is 17.7 Å². The Bertz CT molecular complexity index is 562. The van der Waals surface area contributed by atoms with E-state index in [-0.39, 0.29) is 5.82 Å². The maximum absolute atomic E-state index is 12.9. The summed E-state index contributed by atoms with van der Waals surface area (Å²) in [5.41, 5.74) is 1.04. The number of guanidine groups is 1. The number of halogens is 1. The monoisotopic (exact) mass is 289 g/mol. The van der Waals surface area contributed by atoms with E-state index >= 15 is 0 Å². The highest BCUT2D eigenvalue weighted by Gasteiger charge is 2.06. The predicted molar refractivity (Wildman–Crippen MR) is 81.5 cm³/mol. The van der Waals surface area contributed by atoms with Crippen molar-refractivity contribution in [1.82, 2.24) is 19.8 Å². The standard InChI is InChI=1S/C15H20FN5/c1-17-15(19-8-10-21-9-7-18-12-21)20(2)11-13-3-5-14(16)6-4-13/h3-7,9,12H,8,10-11H2,1-2H3,(H,17,19). The van der Waals surface area contributed by atoms with E-state index in [9.17, 15) is 4.39 Å². The largest absolute Gasteiger partial charge is 0.354 e. The van der Waals surface area contributed by atoms with E-state index in [0.717, 1.165) is 24.6 Å². The quantitative estimate of drug-likeness (QED) is 0.673. The van der Waals surface area contributed by atoms with Crippen molar-refractivity contribution < 1.29 is 4.39 Å². The number of nitrogens with one attached hydrogen (secondary N) is 1. The Morgan fingerprint density at radius 3 is 2.76 bits per heavy atom. The Kier molecular flexibility index (Phi) is 5.31. The smallest absolute Gasteiger partial charge is 0.193 e. The lowest BCUT2D eigenvalue weighted by Gasteiger charge is -2.22. The number of imidazole rings is 1. The highest BCUT2D eigenvalue weighted by atomic mass is 19.1. The van der Waals surface area contributed by atoms with E-state index < -0.39 is 0 Å². The van der Waals surface area contributed by atoms with Gasteiger partial charge in [0.1, 0.15) is 5.82 Å². The van der Waals surface area contributed by atoms with Gasteiger partial charge in [-0.25, -0.2) is 9.37 Å². The molecule has 2 rings (SSSR count). The SMILES string of the molecule is CN=C(NCCn1ccnc1)N(C)Cc1ccc(F)cc1. The van der Waals surface area contributed by atoms with E-state index in [1.54, 1.807) is 31.7 Å². The van der Waals surface area contributed by atoms with Gasteiger partial charge in [0.25, 0.3) is 0 Å². The zero-order chi connectivity index (χ0) is 15.1. The lowest BCUT2D eigenvalue weighted by Crippen LogP contribution is -2.39. The van der Waals surface area contributed by atoms with E-state index in [0.29, 0.717) is 6.54 Å². The zero-order valence-electron chi connectivity index (χ0n) is 12.3. The summed E-state index contributed by atoms with van der Waals surface area (Å²) >= 11 is 0. The number of hydrogen-bond acceptors (Lipinski definition) is 2. The first-order chi connectivity index (χ1) is 10.2. The van der Waals surface area contributed by atoms with Crippen LogP contribution >= 0.6 is 0 Å². The third-order valence-corrected chi connectivity index (χ3v) is 3.12. The van der Waals surface area contributed by atoms with Crippen molar-refractivity contribution in [2.45, 2.75) is 13.1 Å². The summed E-state index contributed by atoms with van der Waals surface area (Å²) in [5, 5.41) is 3.29. The second-order valence-corrected chi connectivity index (χ2v) is 4.76. The summed E-state index contributed by atoms with van der Waals surface area (Å²) in [6.45, 7) is 2.26. The van der Waals surface area contributed by atoms with Gasteiger partial charge in [0.2, 0.25) is 0 Å². The molecule has 0 amide bonds. The Morgan fingerprint density at radius 1 is 1.38 bits per heavy atom. The third-order valence-electron chi connectivity index (χ3n) is 3.12. The molecule has 0 unspecified atom stereocenters. The van der Waals surface area contributed by atoms with Gasteiger partial charge in [-0.3, -0.25) is 4.99 Å². The summed E-state index contributed by atoms with van der Waals surface area (Å²) in [5.74, 6) is 0.587. The number of hydrogen-bond donors (Lipinski definition) is 1. The van der Waals surface area contributed by atoms with Gasteiger partial charge >= 0.3 is 0 Å². The fraction of sp³-hybridized carbons (Fsp3) is 0.333. The van der Waals surface area contributed by atoms with Crippen LogP contribution in [-0.2, 0) is 13.1 Å². The molecule has 1 N–H and O–H groups in total. The Balaban J connectivity index is 1.83. The Labute approximate surface area is 124 Å². The molecule has 6 heteroatoms. The lowest BCUT2D eigenvalue weighted by atomic mass is 10.2. The number of aromatic nitrogens is 2. The number of aliphatic imine (C=N–C) groups is 1. The molecule has 0 bridgehead atoms. The molecule has 0 radical (unpaired) electrons. The highest BCUT2D eigenvalue weighted by Crippen LogP contribution is 2.05. The van der Waals surface area contributed by atoms with Crippen LogP contribution in [0.1, 0.15) is 5.56 Å². The van der Waals surface area contributed by atoms with Crippen molar-refractivity contribution >= 4 is 5.96 Å². The molecule has 1 aromatic carbocycles. The maximum Gasteiger partial charge on any atom is 0.193 e. The molecular weight excluding hydrogens is 269 g/mol. The zero-order valence-corrected chi connectivity index (χ0v) is 12.3. The second-order valence-electron chi connectivity index (χ2n) is 4.76. The minimum Gasteiger partial charge on any atom is -0.354 e. The molecule has 21 heavy (non-hydrogen) atoms. The van der Waals surface area contributed by atoms with Crippen molar-refractivity contribution in [3.8, 4) is 0 Å². The van der Waals surface area contributed by atoms with Crippen molar-refractivity contribution in [2.24, 2.45) is 4.99 Å². The molecule has 112 valence electrons. The van der Waals surface area contributed by atoms with E-state index in [1.807, 2.05) is 22.7 Å². The normalized spacial score (nSPS) is 11.5. The predicted octanol–water partition coefficient (Wildman–Crippen LogP) is 1.73. The molecule has 5 nitrogen and oxygen atoms in total. The summed E-state index contributed by atoms with van der Waals surface area (Å²) in [7, 11) is 3.70. The van der Waals surface area contributed by atoms with Crippen LogP contribution in [0.2, 0.25) is 0 Å². The average molecular weight is 289 g/mol. The first-order valence-electron chi connectivity index (χ1n) is 6.81. The van der Waals surface area contributed by atoms with Gasteiger partial charge in [0.15, 0.2) is 5.96 Å². The molecule has 0 spiro atoms. The fourth-order valence-corrected chi connectivity index (χ4v) is 2.04. The molecule has 0 aliphatic rings. The van der Waals surface area contributed by atoms with E-state index in [1.165, 1.54) is 12.1 Å². The van der Waals surface area contributed by atoms with Crippen LogP contribution in [0.3, 0.4) is 0 Å². The van der Waals surface area contributed by atoms with Gasteiger partial charge in [0, 0.05) is 46.1 Å². The van der Waals surface area contributed by atoms with Crippen LogP contribution in [0.5, 0.6) is 0 Å². The van der Waals surface area contributed by atoms with Crippen LogP contribution in [0.15, 0.2) is 48.0 Å². The molecule has 1 heterocycles. The van der Waals surface area contributed by atoms with Crippen molar-refractivity contribution in [2.75, 3.05) is 20.6 Å². The molecule has 2 aromatic rings. The van der Waals surface area contributed by atoms with Gasteiger partial charge in [-0.1, -0.05) is 12.1 Å². The summed E-state index contributed by atoms with van der Waals surface area (Å²) in [6.07, 6.45) is 5.47. The van der Waals surface area contributed by atoms with Crippen molar-refractivity contribution in [1.29, 1.82) is 0 Å². The summed E-state index contributed by atoms with van der Waals surface area (Å²) in [6, 6.07) is 6.51. The van der Waals surface area contributed by atoms with Crippen LogP contribution in [0.25, 0.3) is 0 Å².